The van der Waals surface area contributed by atoms with Gasteiger partial charge in [-0.05, 0) is 17.8 Å². The normalized spacial score (nSPS) is 25.0. The van der Waals surface area contributed by atoms with Crippen LogP contribution in [0.4, 0.5) is 0 Å². The summed E-state index contributed by atoms with van der Waals surface area (Å²) >= 11 is 0. The maximum absolute atomic E-state index is 12.8. The predicted molar refractivity (Wildman–Crippen MR) is 82.8 cm³/mol. The molecule has 5 nitrogen and oxygen atoms in total. The third-order valence-electron chi connectivity index (χ3n) is 4.19. The largest absolute Gasteiger partial charge is 0.385 e. The number of nitrogens with zero attached hydrogens (tertiary/aromatic N) is 1. The van der Waals surface area contributed by atoms with E-state index in [4.69, 9.17) is 4.74 Å². The summed E-state index contributed by atoms with van der Waals surface area (Å²) in [5, 5.41) is 2.93. The van der Waals surface area contributed by atoms with Gasteiger partial charge in [0.1, 0.15) is 12.1 Å². The molecule has 5 heteroatoms. The third-order valence-corrected chi connectivity index (χ3v) is 4.19. The zero-order valence-corrected chi connectivity index (χ0v) is 14.2. The first kappa shape index (κ1) is 18.0. The van der Waals surface area contributed by atoms with E-state index in [2.05, 4.69) is 5.32 Å². The first-order chi connectivity index (χ1) is 9.73. The van der Waals surface area contributed by atoms with Crippen LogP contribution in [-0.2, 0) is 14.3 Å². The molecule has 1 rings (SSSR count). The van der Waals surface area contributed by atoms with Crippen molar-refractivity contribution in [1.82, 2.24) is 10.2 Å². The summed E-state index contributed by atoms with van der Waals surface area (Å²) in [5.41, 5.74) is -0.284. The number of nitrogens with one attached hydrogen (secondary N) is 1. The number of carbonyl (C=O) groups excluding carboxylic acids is 2. The molecule has 21 heavy (non-hydrogen) atoms. The zero-order chi connectivity index (χ0) is 16.2. The van der Waals surface area contributed by atoms with Crippen LogP contribution in [0, 0.1) is 11.3 Å². The van der Waals surface area contributed by atoms with Crippen molar-refractivity contribution in [3.63, 3.8) is 0 Å². The average Bonchev–Trinajstić information content (AvgIpc) is 2.40. The fraction of sp³-hybridized carbons (Fsp3) is 0.875. The number of hydrogen-bond acceptors (Lipinski definition) is 3. The summed E-state index contributed by atoms with van der Waals surface area (Å²) in [4.78, 5) is 27.1. The minimum absolute atomic E-state index is 0.0372. The molecule has 1 aliphatic rings. The smallest absolute Gasteiger partial charge is 0.246 e. The second-order valence-electron chi connectivity index (χ2n) is 7.02. The van der Waals surface area contributed by atoms with Crippen LogP contribution in [0.1, 0.15) is 47.5 Å². The molecule has 3 unspecified atom stereocenters. The third kappa shape index (κ3) is 4.19. The minimum Gasteiger partial charge on any atom is -0.385 e. The van der Waals surface area contributed by atoms with Gasteiger partial charge < -0.3 is 15.0 Å². The monoisotopic (exact) mass is 298 g/mol. The summed E-state index contributed by atoms with van der Waals surface area (Å²) in [6.45, 7) is 11.2. The highest BCUT2D eigenvalue weighted by Crippen LogP contribution is 2.29. The number of carbonyl (C=O) groups is 2. The zero-order valence-electron chi connectivity index (χ0n) is 14.2. The number of amides is 2. The molecular formula is C16H30N2O3. The van der Waals surface area contributed by atoms with Crippen LogP contribution in [0.25, 0.3) is 0 Å². The van der Waals surface area contributed by atoms with Crippen molar-refractivity contribution in [2.75, 3.05) is 20.3 Å². The molecule has 0 spiro atoms. The molecule has 0 aromatic rings. The molecular weight excluding hydrogens is 268 g/mol. The van der Waals surface area contributed by atoms with Crippen molar-refractivity contribution >= 4 is 11.8 Å². The van der Waals surface area contributed by atoms with Gasteiger partial charge in [0.2, 0.25) is 11.8 Å². The lowest BCUT2D eigenvalue weighted by Crippen LogP contribution is -2.68. The number of hydrogen-bond donors (Lipinski definition) is 1. The van der Waals surface area contributed by atoms with Crippen molar-refractivity contribution in [2.24, 2.45) is 11.3 Å². The van der Waals surface area contributed by atoms with Crippen molar-refractivity contribution in [3.8, 4) is 0 Å². The standard InChI is InChI=1S/C16H30N2O3/c1-7-11(2)12-15(20)18(9-8-10-21-6)13(14(19)17-12)16(3,4)5/h11-13H,7-10H2,1-6H3,(H,17,19). The van der Waals surface area contributed by atoms with Gasteiger partial charge in [0.25, 0.3) is 0 Å². The Hall–Kier alpha value is -1.10. The van der Waals surface area contributed by atoms with Crippen LogP contribution in [0.2, 0.25) is 0 Å². The Morgan fingerprint density at radius 3 is 2.43 bits per heavy atom. The lowest BCUT2D eigenvalue weighted by Gasteiger charge is -2.46. The molecule has 0 bridgehead atoms. The van der Waals surface area contributed by atoms with E-state index in [1.807, 2.05) is 34.6 Å². The Balaban J connectivity index is 2.99. The second-order valence-corrected chi connectivity index (χ2v) is 7.02. The Morgan fingerprint density at radius 1 is 1.33 bits per heavy atom. The summed E-state index contributed by atoms with van der Waals surface area (Å²) in [7, 11) is 1.65. The SMILES string of the molecule is CCC(C)C1NC(=O)C(C(C)(C)C)N(CCCOC)C1=O. The molecule has 1 heterocycles. The first-order valence-electron chi connectivity index (χ1n) is 7.83. The van der Waals surface area contributed by atoms with Gasteiger partial charge in [0.15, 0.2) is 0 Å². The molecule has 0 aliphatic carbocycles. The molecule has 1 saturated heterocycles. The molecule has 0 radical (unpaired) electrons. The fourth-order valence-corrected chi connectivity index (χ4v) is 2.84. The summed E-state index contributed by atoms with van der Waals surface area (Å²) < 4.78 is 5.07. The lowest BCUT2D eigenvalue weighted by molar-refractivity contribution is -0.155. The van der Waals surface area contributed by atoms with Gasteiger partial charge in [-0.1, -0.05) is 41.0 Å². The summed E-state index contributed by atoms with van der Waals surface area (Å²) in [6, 6.07) is -0.814. The Labute approximate surface area is 128 Å². The Morgan fingerprint density at radius 2 is 1.95 bits per heavy atom. The van der Waals surface area contributed by atoms with E-state index in [0.717, 1.165) is 12.8 Å². The Kier molecular flexibility index (Phi) is 6.20. The van der Waals surface area contributed by atoms with E-state index in [0.29, 0.717) is 13.2 Å². The summed E-state index contributed by atoms with van der Waals surface area (Å²) in [6.07, 6.45) is 1.61. The van der Waals surface area contributed by atoms with Gasteiger partial charge in [0, 0.05) is 20.3 Å². The molecule has 3 atom stereocenters. The molecule has 2 amide bonds. The van der Waals surface area contributed by atoms with Gasteiger partial charge in [-0.2, -0.15) is 0 Å². The van der Waals surface area contributed by atoms with Crippen LogP contribution in [0.15, 0.2) is 0 Å². The van der Waals surface area contributed by atoms with Gasteiger partial charge in [0.05, 0.1) is 0 Å². The first-order valence-corrected chi connectivity index (χ1v) is 7.83. The topological polar surface area (TPSA) is 58.6 Å². The second kappa shape index (κ2) is 7.25. The van der Waals surface area contributed by atoms with Gasteiger partial charge in [-0.3, -0.25) is 9.59 Å². The highest BCUT2D eigenvalue weighted by atomic mass is 16.5. The van der Waals surface area contributed by atoms with Gasteiger partial charge in [-0.25, -0.2) is 0 Å². The maximum atomic E-state index is 12.8. The number of methoxy groups -OCH3 is 1. The van der Waals surface area contributed by atoms with Crippen LogP contribution in [0.5, 0.6) is 0 Å². The van der Waals surface area contributed by atoms with Crippen LogP contribution in [-0.4, -0.2) is 49.1 Å². The van der Waals surface area contributed by atoms with Crippen LogP contribution in [0.3, 0.4) is 0 Å². The van der Waals surface area contributed by atoms with Crippen LogP contribution < -0.4 is 5.32 Å². The van der Waals surface area contributed by atoms with E-state index in [1.54, 1.807) is 12.0 Å². The molecule has 0 aromatic carbocycles. The van der Waals surface area contributed by atoms with Crippen molar-refractivity contribution in [1.29, 1.82) is 0 Å². The van der Waals surface area contributed by atoms with Crippen molar-refractivity contribution < 1.29 is 14.3 Å². The highest BCUT2D eigenvalue weighted by Gasteiger charge is 2.46. The van der Waals surface area contributed by atoms with Gasteiger partial charge >= 0.3 is 0 Å². The molecule has 122 valence electrons. The van der Waals surface area contributed by atoms with E-state index in [9.17, 15) is 9.59 Å². The van der Waals surface area contributed by atoms with Crippen molar-refractivity contribution in [3.05, 3.63) is 0 Å². The van der Waals surface area contributed by atoms with E-state index in [-0.39, 0.29) is 23.1 Å². The number of rotatable bonds is 6. The van der Waals surface area contributed by atoms with Crippen molar-refractivity contribution in [2.45, 2.75) is 59.5 Å². The quantitative estimate of drug-likeness (QED) is 0.761. The van der Waals surface area contributed by atoms with Gasteiger partial charge in [-0.15, -0.1) is 0 Å². The van der Waals surface area contributed by atoms with E-state index in [1.165, 1.54) is 0 Å². The highest BCUT2D eigenvalue weighted by molar-refractivity contribution is 5.97. The molecule has 1 fully saturated rings. The maximum Gasteiger partial charge on any atom is 0.246 e. The lowest BCUT2D eigenvalue weighted by atomic mass is 9.81. The Bertz CT molecular complexity index is 376. The number of ether oxygens (including phenoxy) is 1. The molecule has 1 aliphatic heterocycles. The van der Waals surface area contributed by atoms with E-state index >= 15 is 0 Å². The molecule has 1 N–H and O–H groups in total. The summed E-state index contributed by atoms with van der Waals surface area (Å²) in [5.74, 6) is 0.150. The number of piperazine rings is 1. The molecule has 0 aromatic heterocycles. The van der Waals surface area contributed by atoms with Crippen LogP contribution >= 0.6 is 0 Å². The average molecular weight is 298 g/mol. The predicted octanol–water partition coefficient (Wildman–Crippen LogP) is 1.81. The molecule has 0 saturated carbocycles. The minimum atomic E-state index is -0.415. The fourth-order valence-electron chi connectivity index (χ4n) is 2.84. The van der Waals surface area contributed by atoms with E-state index < -0.39 is 12.1 Å².